The van der Waals surface area contributed by atoms with Gasteiger partial charge in [0.1, 0.15) is 23.6 Å². The maximum absolute atomic E-state index is 14.3. The van der Waals surface area contributed by atoms with E-state index in [1.54, 1.807) is 10.6 Å². The highest BCUT2D eigenvalue weighted by Gasteiger charge is 2.21. The molecule has 4 nitrogen and oxygen atoms in total. The molecule has 0 amide bonds. The summed E-state index contributed by atoms with van der Waals surface area (Å²) >= 11 is 0. The summed E-state index contributed by atoms with van der Waals surface area (Å²) in [7, 11) is 0. The average molecular weight is 335 g/mol. The van der Waals surface area contributed by atoms with E-state index in [-0.39, 0.29) is 5.56 Å². The first-order valence-corrected chi connectivity index (χ1v) is 7.75. The monoisotopic (exact) mass is 335 g/mol. The number of aromatic nitrogens is 2. The molecule has 0 saturated heterocycles. The van der Waals surface area contributed by atoms with Crippen molar-refractivity contribution in [3.05, 3.63) is 71.6 Å². The lowest BCUT2D eigenvalue weighted by atomic mass is 10.0. The second kappa shape index (κ2) is 5.11. The normalized spacial score (nSPS) is 12.9. The van der Waals surface area contributed by atoms with Gasteiger partial charge in [0.15, 0.2) is 0 Å². The van der Waals surface area contributed by atoms with E-state index in [0.29, 0.717) is 23.8 Å². The number of nitrogens with zero attached hydrogens (tertiary/aromatic N) is 3. The Bertz CT molecular complexity index is 1160. The molecule has 2 aromatic heterocycles. The number of imidazole rings is 1. The number of fused-ring (bicyclic) bond motifs is 2. The fourth-order valence-corrected chi connectivity index (χ4v) is 3.18. The van der Waals surface area contributed by atoms with E-state index < -0.39 is 11.6 Å². The quantitative estimate of drug-likeness (QED) is 0.542. The summed E-state index contributed by atoms with van der Waals surface area (Å²) < 4.78 is 34.8. The van der Waals surface area contributed by atoms with Crippen LogP contribution >= 0.6 is 0 Å². The molecule has 122 valence electrons. The average Bonchev–Trinajstić information content (AvgIpc) is 3.29. The molecular weight excluding hydrogens is 324 g/mol. The van der Waals surface area contributed by atoms with E-state index in [4.69, 9.17) is 4.42 Å². The minimum Gasteiger partial charge on any atom is -0.432 e. The molecule has 25 heavy (non-hydrogen) atoms. The summed E-state index contributed by atoms with van der Waals surface area (Å²) in [5.74, 6) is -0.938. The Morgan fingerprint density at radius 3 is 2.88 bits per heavy atom. The third-order valence-electron chi connectivity index (χ3n) is 4.36. The predicted octanol–water partition coefficient (Wildman–Crippen LogP) is 4.47. The first-order valence-electron chi connectivity index (χ1n) is 7.75. The molecule has 0 bridgehead atoms. The lowest BCUT2D eigenvalue weighted by molar-refractivity contribution is 0.585. The van der Waals surface area contributed by atoms with E-state index in [2.05, 4.69) is 9.98 Å². The standard InChI is InChI=1S/C19H11F2N3O/c20-14-3-4-15(16(21)8-14)17-18(24-5-6-25-19(24)23-17)11-1-2-12-9-22-10-13(12)7-11/h1-8,10H,9H2. The van der Waals surface area contributed by atoms with E-state index in [1.807, 2.05) is 24.4 Å². The number of rotatable bonds is 2. The molecule has 0 fully saturated rings. The molecule has 0 unspecified atom stereocenters. The highest BCUT2D eigenvalue weighted by atomic mass is 19.1. The van der Waals surface area contributed by atoms with Crippen LogP contribution in [0.5, 0.6) is 0 Å². The topological polar surface area (TPSA) is 42.8 Å². The Morgan fingerprint density at radius 1 is 1.08 bits per heavy atom. The fraction of sp³-hybridized carbons (Fsp3) is 0.0526. The molecule has 0 spiro atoms. The Morgan fingerprint density at radius 2 is 2.00 bits per heavy atom. The Hall–Kier alpha value is -3.28. The molecule has 0 N–H and O–H groups in total. The third kappa shape index (κ3) is 2.11. The minimum atomic E-state index is -0.662. The molecular formula is C19H11F2N3O. The van der Waals surface area contributed by atoms with Crippen LogP contribution in [0.3, 0.4) is 0 Å². The number of aliphatic imine (C=N–C) groups is 1. The van der Waals surface area contributed by atoms with Crippen LogP contribution in [0, 0.1) is 11.6 Å². The van der Waals surface area contributed by atoms with Crippen molar-refractivity contribution in [1.82, 2.24) is 9.38 Å². The molecule has 1 aliphatic rings. The number of halogens is 2. The van der Waals surface area contributed by atoms with Gasteiger partial charge >= 0.3 is 5.84 Å². The molecule has 5 rings (SSSR count). The number of hydrogen-bond acceptors (Lipinski definition) is 3. The second-order valence-electron chi connectivity index (χ2n) is 5.87. The van der Waals surface area contributed by atoms with Gasteiger partial charge in [0.05, 0.1) is 12.2 Å². The summed E-state index contributed by atoms with van der Waals surface area (Å²) in [5, 5.41) is 0. The van der Waals surface area contributed by atoms with Gasteiger partial charge in [0.2, 0.25) is 0 Å². The zero-order valence-electron chi connectivity index (χ0n) is 12.9. The Kier molecular flexibility index (Phi) is 2.88. The molecule has 0 saturated carbocycles. The van der Waals surface area contributed by atoms with Crippen molar-refractivity contribution in [1.29, 1.82) is 0 Å². The summed E-state index contributed by atoms with van der Waals surface area (Å²) in [6.07, 6.45) is 5.07. The molecule has 2 aromatic carbocycles. The summed E-state index contributed by atoms with van der Waals surface area (Å²) in [4.78, 5) is 8.67. The van der Waals surface area contributed by atoms with Gasteiger partial charge in [-0.1, -0.05) is 12.1 Å². The van der Waals surface area contributed by atoms with Crippen molar-refractivity contribution in [2.45, 2.75) is 6.54 Å². The van der Waals surface area contributed by atoms with Gasteiger partial charge in [0, 0.05) is 29.6 Å². The minimum absolute atomic E-state index is 0.226. The first-order chi connectivity index (χ1) is 12.2. The molecule has 6 heteroatoms. The zero-order valence-corrected chi connectivity index (χ0v) is 12.9. The highest BCUT2D eigenvalue weighted by Crippen LogP contribution is 2.35. The lowest BCUT2D eigenvalue weighted by Crippen LogP contribution is -1.93. The van der Waals surface area contributed by atoms with Gasteiger partial charge in [0.25, 0.3) is 0 Å². The van der Waals surface area contributed by atoms with Crippen LogP contribution in [0.2, 0.25) is 0 Å². The maximum atomic E-state index is 14.3. The van der Waals surface area contributed by atoms with Crippen LogP contribution in [0.4, 0.5) is 8.78 Å². The van der Waals surface area contributed by atoms with Crippen LogP contribution in [0.1, 0.15) is 11.1 Å². The summed E-state index contributed by atoms with van der Waals surface area (Å²) in [6.45, 7) is 0.669. The molecule has 0 aliphatic carbocycles. The van der Waals surface area contributed by atoms with Crippen molar-refractivity contribution >= 4 is 12.1 Å². The van der Waals surface area contributed by atoms with Crippen molar-refractivity contribution in [3.8, 4) is 22.5 Å². The van der Waals surface area contributed by atoms with Crippen LogP contribution in [-0.2, 0) is 6.54 Å². The first kappa shape index (κ1) is 14.1. The zero-order chi connectivity index (χ0) is 17.0. The van der Waals surface area contributed by atoms with Crippen LogP contribution in [0.25, 0.3) is 28.4 Å². The van der Waals surface area contributed by atoms with Crippen molar-refractivity contribution in [3.63, 3.8) is 0 Å². The van der Waals surface area contributed by atoms with Gasteiger partial charge in [-0.3, -0.25) is 9.39 Å². The van der Waals surface area contributed by atoms with Gasteiger partial charge in [-0.25, -0.2) is 8.78 Å². The van der Waals surface area contributed by atoms with Crippen LogP contribution < -0.4 is 0 Å². The lowest BCUT2D eigenvalue weighted by Gasteiger charge is -2.07. The smallest absolute Gasteiger partial charge is 0.306 e. The number of oxazole rings is 1. The van der Waals surface area contributed by atoms with E-state index in [9.17, 15) is 8.78 Å². The van der Waals surface area contributed by atoms with E-state index in [1.165, 1.54) is 18.4 Å². The van der Waals surface area contributed by atoms with Gasteiger partial charge in [-0.05, 0) is 29.3 Å². The molecule has 4 aromatic rings. The molecule has 3 heterocycles. The van der Waals surface area contributed by atoms with Crippen molar-refractivity contribution in [2.24, 2.45) is 4.99 Å². The number of benzene rings is 2. The third-order valence-corrected chi connectivity index (χ3v) is 4.36. The van der Waals surface area contributed by atoms with Gasteiger partial charge in [-0.15, -0.1) is 0 Å². The highest BCUT2D eigenvalue weighted by molar-refractivity contribution is 5.89. The van der Waals surface area contributed by atoms with Crippen molar-refractivity contribution in [2.75, 3.05) is 0 Å². The van der Waals surface area contributed by atoms with E-state index in [0.717, 1.165) is 22.8 Å². The second-order valence-corrected chi connectivity index (χ2v) is 5.87. The SMILES string of the molecule is Fc1ccc(-c2nc3occn3c2-c2ccc3c(c2)C=NC3)c(F)c1. The summed E-state index contributed by atoms with van der Waals surface area (Å²) in [5.41, 5.74) is 4.36. The maximum Gasteiger partial charge on any atom is 0.306 e. The van der Waals surface area contributed by atoms with Gasteiger partial charge < -0.3 is 4.42 Å². The Balaban J connectivity index is 1.79. The molecule has 0 radical (unpaired) electrons. The van der Waals surface area contributed by atoms with Crippen LogP contribution in [0.15, 0.2) is 58.3 Å². The Labute approximate surface area is 141 Å². The predicted molar refractivity (Wildman–Crippen MR) is 89.5 cm³/mol. The van der Waals surface area contributed by atoms with Crippen LogP contribution in [-0.4, -0.2) is 15.6 Å². The number of hydrogen-bond donors (Lipinski definition) is 0. The summed E-state index contributed by atoms with van der Waals surface area (Å²) in [6, 6.07) is 9.42. The molecule has 0 atom stereocenters. The van der Waals surface area contributed by atoms with Gasteiger partial charge in [-0.2, -0.15) is 4.98 Å². The largest absolute Gasteiger partial charge is 0.432 e. The fourth-order valence-electron chi connectivity index (χ4n) is 3.18. The molecule has 1 aliphatic heterocycles. The van der Waals surface area contributed by atoms with E-state index >= 15 is 0 Å². The van der Waals surface area contributed by atoms with Crippen molar-refractivity contribution < 1.29 is 13.2 Å².